The highest BCUT2D eigenvalue weighted by Crippen LogP contribution is 2.29. The summed E-state index contributed by atoms with van der Waals surface area (Å²) in [6.07, 6.45) is 0. The van der Waals surface area contributed by atoms with Crippen molar-refractivity contribution in [2.24, 2.45) is 0 Å². The number of nitrogens with one attached hydrogen (secondary N) is 1. The number of carbonyl (C=O) groups excluding carboxylic acids is 1. The van der Waals surface area contributed by atoms with Crippen molar-refractivity contribution in [1.82, 2.24) is 0 Å². The first-order chi connectivity index (χ1) is 11.6. The van der Waals surface area contributed by atoms with Crippen molar-refractivity contribution in [3.8, 4) is 17.2 Å². The van der Waals surface area contributed by atoms with E-state index in [2.05, 4.69) is 5.32 Å². The molecule has 128 valence electrons. The largest absolute Gasteiger partial charge is 0.494 e. The fraction of sp³-hybridized carbons (Fsp3) is 0.278. The first-order valence-electron chi connectivity index (χ1n) is 7.70. The minimum Gasteiger partial charge on any atom is -0.494 e. The van der Waals surface area contributed by atoms with Gasteiger partial charge in [-0.2, -0.15) is 0 Å². The molecule has 0 radical (unpaired) electrons. The Morgan fingerprint density at radius 2 is 1.75 bits per heavy atom. The summed E-state index contributed by atoms with van der Waals surface area (Å²) in [4.78, 5) is 12.1. The third kappa shape index (κ3) is 4.87. The fourth-order valence-corrected chi connectivity index (χ4v) is 2.04. The minimum atomic E-state index is -0.515. The van der Waals surface area contributed by atoms with Crippen LogP contribution in [0.2, 0.25) is 0 Å². The monoisotopic (exact) mass is 333 g/mol. The van der Waals surface area contributed by atoms with Crippen molar-refractivity contribution in [3.05, 3.63) is 48.3 Å². The van der Waals surface area contributed by atoms with E-state index in [1.54, 1.807) is 30.3 Å². The standard InChI is InChI=1S/C18H20FNO4/c1-3-22-13-9-10-17(23-4-2)15(11-13)20-18(21)12-24-16-8-6-5-7-14(16)19/h5-11H,3-4,12H2,1-2H3,(H,20,21). The highest BCUT2D eigenvalue weighted by Gasteiger charge is 2.11. The number of benzene rings is 2. The molecule has 0 unspecified atom stereocenters. The van der Waals surface area contributed by atoms with Crippen LogP contribution in [0.5, 0.6) is 17.2 Å². The Morgan fingerprint density at radius 1 is 1.00 bits per heavy atom. The van der Waals surface area contributed by atoms with Crippen LogP contribution in [-0.2, 0) is 4.79 Å². The van der Waals surface area contributed by atoms with E-state index in [1.165, 1.54) is 12.1 Å². The normalized spacial score (nSPS) is 10.1. The van der Waals surface area contributed by atoms with Gasteiger partial charge in [0.2, 0.25) is 0 Å². The van der Waals surface area contributed by atoms with Crippen LogP contribution in [-0.4, -0.2) is 25.7 Å². The molecule has 0 saturated heterocycles. The maximum absolute atomic E-state index is 13.5. The van der Waals surface area contributed by atoms with Gasteiger partial charge in [0.15, 0.2) is 18.2 Å². The van der Waals surface area contributed by atoms with Crippen molar-refractivity contribution in [3.63, 3.8) is 0 Å². The second-order valence-electron chi connectivity index (χ2n) is 4.79. The molecule has 2 aromatic rings. The van der Waals surface area contributed by atoms with Crippen molar-refractivity contribution in [2.75, 3.05) is 25.1 Å². The van der Waals surface area contributed by atoms with Crippen LogP contribution in [0.1, 0.15) is 13.8 Å². The van der Waals surface area contributed by atoms with Crippen LogP contribution in [0.3, 0.4) is 0 Å². The number of ether oxygens (including phenoxy) is 3. The van der Waals surface area contributed by atoms with Crippen molar-refractivity contribution >= 4 is 11.6 Å². The average Bonchev–Trinajstić information content (AvgIpc) is 2.57. The lowest BCUT2D eigenvalue weighted by molar-refractivity contribution is -0.118. The highest BCUT2D eigenvalue weighted by atomic mass is 19.1. The van der Waals surface area contributed by atoms with Crippen molar-refractivity contribution in [1.29, 1.82) is 0 Å². The van der Waals surface area contributed by atoms with E-state index in [9.17, 15) is 9.18 Å². The molecule has 0 aliphatic carbocycles. The molecule has 0 saturated carbocycles. The molecule has 1 amide bonds. The van der Waals surface area contributed by atoms with E-state index in [4.69, 9.17) is 14.2 Å². The number of hydrogen-bond donors (Lipinski definition) is 1. The molecule has 6 heteroatoms. The van der Waals surface area contributed by atoms with Gasteiger partial charge < -0.3 is 19.5 Å². The molecule has 0 aromatic heterocycles. The van der Waals surface area contributed by atoms with Gasteiger partial charge in [0.25, 0.3) is 5.91 Å². The van der Waals surface area contributed by atoms with Gasteiger partial charge >= 0.3 is 0 Å². The third-order valence-electron chi connectivity index (χ3n) is 3.03. The van der Waals surface area contributed by atoms with Gasteiger partial charge in [0.1, 0.15) is 11.5 Å². The maximum Gasteiger partial charge on any atom is 0.262 e. The van der Waals surface area contributed by atoms with Crippen LogP contribution in [0.25, 0.3) is 0 Å². The predicted molar refractivity (Wildman–Crippen MR) is 89.3 cm³/mol. The van der Waals surface area contributed by atoms with E-state index in [0.717, 1.165) is 0 Å². The van der Waals surface area contributed by atoms with Crippen LogP contribution in [0.4, 0.5) is 10.1 Å². The number of anilines is 1. The number of halogens is 1. The number of hydrogen-bond acceptors (Lipinski definition) is 4. The van der Waals surface area contributed by atoms with Gasteiger partial charge in [-0.1, -0.05) is 12.1 Å². The number of amides is 1. The molecule has 2 aromatic carbocycles. The Balaban J connectivity index is 2.04. The van der Waals surface area contributed by atoms with Crippen LogP contribution < -0.4 is 19.5 Å². The Kier molecular flexibility index (Phi) is 6.42. The maximum atomic E-state index is 13.5. The first kappa shape index (κ1) is 17.6. The summed E-state index contributed by atoms with van der Waals surface area (Å²) in [5, 5.41) is 2.69. The molecular formula is C18H20FNO4. The predicted octanol–water partition coefficient (Wildman–Crippen LogP) is 3.64. The van der Waals surface area contributed by atoms with Gasteiger partial charge in [-0.25, -0.2) is 4.39 Å². The fourth-order valence-electron chi connectivity index (χ4n) is 2.04. The second kappa shape index (κ2) is 8.76. The quantitative estimate of drug-likeness (QED) is 0.801. The van der Waals surface area contributed by atoms with Crippen molar-refractivity contribution < 1.29 is 23.4 Å². The minimum absolute atomic E-state index is 0.0285. The van der Waals surface area contributed by atoms with Gasteiger partial charge in [-0.3, -0.25) is 4.79 Å². The molecule has 0 atom stereocenters. The first-order valence-corrected chi connectivity index (χ1v) is 7.70. The number of carbonyl (C=O) groups is 1. The van der Waals surface area contributed by atoms with Gasteiger partial charge in [-0.05, 0) is 38.1 Å². The molecule has 0 fully saturated rings. The summed E-state index contributed by atoms with van der Waals surface area (Å²) in [6, 6.07) is 11.1. The van der Waals surface area contributed by atoms with Gasteiger partial charge in [0.05, 0.1) is 18.9 Å². The number of rotatable bonds is 8. The molecule has 0 bridgehead atoms. The Bertz CT molecular complexity index is 690. The Labute approximate surface area is 140 Å². The molecule has 0 heterocycles. The average molecular weight is 333 g/mol. The summed E-state index contributed by atoms with van der Waals surface area (Å²) in [5.41, 5.74) is 0.477. The lowest BCUT2D eigenvalue weighted by Gasteiger charge is -2.14. The van der Waals surface area contributed by atoms with E-state index >= 15 is 0 Å². The molecular weight excluding hydrogens is 313 g/mol. The molecule has 0 spiro atoms. The van der Waals surface area contributed by atoms with Gasteiger partial charge in [-0.15, -0.1) is 0 Å². The molecule has 1 N–H and O–H groups in total. The third-order valence-corrected chi connectivity index (χ3v) is 3.03. The lowest BCUT2D eigenvalue weighted by atomic mass is 10.2. The summed E-state index contributed by atoms with van der Waals surface area (Å²) >= 11 is 0. The topological polar surface area (TPSA) is 56.8 Å². The van der Waals surface area contributed by atoms with Crippen LogP contribution >= 0.6 is 0 Å². The second-order valence-corrected chi connectivity index (χ2v) is 4.79. The van der Waals surface area contributed by atoms with E-state index in [1.807, 2.05) is 13.8 Å². The molecule has 0 aliphatic rings. The van der Waals surface area contributed by atoms with E-state index < -0.39 is 11.7 Å². The summed E-state index contributed by atoms with van der Waals surface area (Å²) in [7, 11) is 0. The zero-order valence-electron chi connectivity index (χ0n) is 13.7. The van der Waals surface area contributed by atoms with Crippen molar-refractivity contribution in [2.45, 2.75) is 13.8 Å². The zero-order chi connectivity index (χ0) is 17.4. The van der Waals surface area contributed by atoms with Crippen LogP contribution in [0.15, 0.2) is 42.5 Å². The Morgan fingerprint density at radius 3 is 2.46 bits per heavy atom. The summed E-state index contributed by atoms with van der Waals surface area (Å²) in [5.74, 6) is 0.235. The molecule has 0 aliphatic heterocycles. The van der Waals surface area contributed by atoms with E-state index in [0.29, 0.717) is 30.4 Å². The molecule has 5 nitrogen and oxygen atoms in total. The Hall–Kier alpha value is -2.76. The SMILES string of the molecule is CCOc1ccc(OCC)c(NC(=O)COc2ccccc2F)c1. The lowest BCUT2D eigenvalue weighted by Crippen LogP contribution is -2.21. The molecule has 24 heavy (non-hydrogen) atoms. The summed E-state index contributed by atoms with van der Waals surface area (Å²) in [6.45, 7) is 4.38. The van der Waals surface area contributed by atoms with E-state index in [-0.39, 0.29) is 12.4 Å². The smallest absolute Gasteiger partial charge is 0.262 e. The number of para-hydroxylation sites is 1. The van der Waals surface area contributed by atoms with Gasteiger partial charge in [0, 0.05) is 6.07 Å². The summed E-state index contributed by atoms with van der Waals surface area (Å²) < 4.78 is 29.6. The van der Waals surface area contributed by atoms with Crippen LogP contribution in [0, 0.1) is 5.82 Å². The highest BCUT2D eigenvalue weighted by molar-refractivity contribution is 5.93. The molecule has 2 rings (SSSR count). The zero-order valence-corrected chi connectivity index (χ0v) is 13.7.